The van der Waals surface area contributed by atoms with E-state index in [-0.39, 0.29) is 0 Å². The van der Waals surface area contributed by atoms with Crippen molar-refractivity contribution in [2.75, 3.05) is 19.6 Å². The Bertz CT molecular complexity index is 211. The molecule has 1 saturated heterocycles. The van der Waals surface area contributed by atoms with E-state index in [1.165, 1.54) is 45.3 Å². The van der Waals surface area contributed by atoms with Crippen molar-refractivity contribution in [2.24, 2.45) is 5.73 Å². The number of piperidine rings is 1. The molecular formula is C12H23N3. The minimum Gasteiger partial charge on any atom is -0.314 e. The summed E-state index contributed by atoms with van der Waals surface area (Å²) in [6.07, 6.45) is 7.16. The van der Waals surface area contributed by atoms with Crippen LogP contribution in [0.1, 0.15) is 45.4 Å². The number of rotatable bonds is 5. The molecule has 1 atom stereocenters. The molecule has 1 rings (SSSR count). The number of hydrogen-bond acceptors (Lipinski definition) is 3. The highest BCUT2D eigenvalue weighted by Crippen LogP contribution is 2.12. The lowest BCUT2D eigenvalue weighted by atomic mass is 9.98. The zero-order valence-corrected chi connectivity index (χ0v) is 9.84. The second-order valence-corrected chi connectivity index (χ2v) is 4.89. The molecular weight excluding hydrogens is 186 g/mol. The Labute approximate surface area is 93.2 Å². The lowest BCUT2D eigenvalue weighted by Gasteiger charge is -2.26. The summed E-state index contributed by atoms with van der Waals surface area (Å²) in [7, 11) is 0. The molecule has 0 bridgehead atoms. The molecule has 1 unspecified atom stereocenters. The molecule has 0 spiro atoms. The van der Waals surface area contributed by atoms with Gasteiger partial charge in [-0.05, 0) is 58.7 Å². The van der Waals surface area contributed by atoms with Gasteiger partial charge in [-0.15, -0.1) is 0 Å². The Balaban J connectivity index is 2.04. The van der Waals surface area contributed by atoms with Gasteiger partial charge in [-0.2, -0.15) is 5.26 Å². The molecule has 1 fully saturated rings. The highest BCUT2D eigenvalue weighted by Gasteiger charge is 2.16. The average molecular weight is 209 g/mol. The van der Waals surface area contributed by atoms with Crippen LogP contribution >= 0.6 is 0 Å². The van der Waals surface area contributed by atoms with Gasteiger partial charge in [0.05, 0.1) is 6.07 Å². The second-order valence-electron chi connectivity index (χ2n) is 4.89. The molecule has 0 amide bonds. The molecule has 0 saturated carbocycles. The average Bonchev–Trinajstić information content (AvgIpc) is 2.26. The number of likely N-dealkylation sites (tertiary alicyclic amines) is 1. The normalized spacial score (nSPS) is 21.9. The summed E-state index contributed by atoms with van der Waals surface area (Å²) < 4.78 is 0. The van der Waals surface area contributed by atoms with Gasteiger partial charge in [0, 0.05) is 0 Å². The fraction of sp³-hybridized carbons (Fsp3) is 0.917. The Morgan fingerprint density at radius 3 is 2.53 bits per heavy atom. The highest BCUT2D eigenvalue weighted by molar-refractivity contribution is 5.00. The summed E-state index contributed by atoms with van der Waals surface area (Å²) in [5.74, 6) is 0. The number of hydrogen-bond donors (Lipinski definition) is 1. The summed E-state index contributed by atoms with van der Waals surface area (Å²) >= 11 is 0. The van der Waals surface area contributed by atoms with E-state index in [1.807, 2.05) is 6.92 Å². The van der Waals surface area contributed by atoms with E-state index in [2.05, 4.69) is 11.0 Å². The molecule has 0 radical (unpaired) electrons. The molecule has 0 aromatic heterocycles. The van der Waals surface area contributed by atoms with Crippen LogP contribution in [0.15, 0.2) is 0 Å². The van der Waals surface area contributed by atoms with Gasteiger partial charge in [-0.25, -0.2) is 0 Å². The van der Waals surface area contributed by atoms with Crippen LogP contribution in [0, 0.1) is 11.3 Å². The molecule has 1 aliphatic rings. The van der Waals surface area contributed by atoms with Crippen molar-refractivity contribution in [2.45, 2.75) is 51.0 Å². The van der Waals surface area contributed by atoms with Gasteiger partial charge in [-0.1, -0.05) is 6.42 Å². The van der Waals surface area contributed by atoms with E-state index in [4.69, 9.17) is 11.0 Å². The minimum atomic E-state index is -0.623. The van der Waals surface area contributed by atoms with Crippen LogP contribution in [0.5, 0.6) is 0 Å². The van der Waals surface area contributed by atoms with Crippen LogP contribution in [-0.2, 0) is 0 Å². The summed E-state index contributed by atoms with van der Waals surface area (Å²) in [5.41, 5.74) is 5.14. The Hall–Kier alpha value is -0.590. The maximum absolute atomic E-state index is 8.76. The SMILES string of the molecule is CC(N)(C#N)CCCCN1CCCCC1. The number of nitrogens with zero attached hydrogens (tertiary/aromatic N) is 2. The minimum absolute atomic E-state index is 0.623. The quantitative estimate of drug-likeness (QED) is 0.703. The Kier molecular flexibility index (Phi) is 5.07. The maximum atomic E-state index is 8.76. The van der Waals surface area contributed by atoms with Gasteiger partial charge in [-0.3, -0.25) is 0 Å². The molecule has 2 N–H and O–H groups in total. The van der Waals surface area contributed by atoms with Crippen molar-refractivity contribution in [3.05, 3.63) is 0 Å². The van der Waals surface area contributed by atoms with Crippen molar-refractivity contribution >= 4 is 0 Å². The third kappa shape index (κ3) is 5.15. The van der Waals surface area contributed by atoms with E-state index >= 15 is 0 Å². The van der Waals surface area contributed by atoms with Gasteiger partial charge >= 0.3 is 0 Å². The zero-order valence-electron chi connectivity index (χ0n) is 9.84. The van der Waals surface area contributed by atoms with Crippen LogP contribution < -0.4 is 5.73 Å². The first-order chi connectivity index (χ1) is 7.14. The molecule has 1 heterocycles. The van der Waals surface area contributed by atoms with Crippen LogP contribution in [0.4, 0.5) is 0 Å². The number of nitriles is 1. The first-order valence-corrected chi connectivity index (χ1v) is 6.06. The first-order valence-electron chi connectivity index (χ1n) is 6.06. The van der Waals surface area contributed by atoms with Gasteiger partial charge in [0.2, 0.25) is 0 Å². The second kappa shape index (κ2) is 6.09. The third-order valence-electron chi connectivity index (χ3n) is 3.12. The predicted molar refractivity (Wildman–Crippen MR) is 62.3 cm³/mol. The van der Waals surface area contributed by atoms with Crippen LogP contribution in [-0.4, -0.2) is 30.1 Å². The zero-order chi connectivity index (χ0) is 11.1. The fourth-order valence-electron chi connectivity index (χ4n) is 2.07. The van der Waals surface area contributed by atoms with Crippen LogP contribution in [0.25, 0.3) is 0 Å². The van der Waals surface area contributed by atoms with Crippen molar-refractivity contribution < 1.29 is 0 Å². The van der Waals surface area contributed by atoms with Crippen LogP contribution in [0.2, 0.25) is 0 Å². The van der Waals surface area contributed by atoms with Crippen molar-refractivity contribution in [3.63, 3.8) is 0 Å². The van der Waals surface area contributed by atoms with Gasteiger partial charge < -0.3 is 10.6 Å². The lowest BCUT2D eigenvalue weighted by Crippen LogP contribution is -2.34. The Morgan fingerprint density at radius 2 is 1.93 bits per heavy atom. The standard InChI is InChI=1S/C12H23N3/c1-12(14,11-13)7-3-6-10-15-8-4-2-5-9-15/h2-10,14H2,1H3. The molecule has 3 heteroatoms. The van der Waals surface area contributed by atoms with E-state index in [9.17, 15) is 0 Å². The maximum Gasteiger partial charge on any atom is 0.101 e. The van der Waals surface area contributed by atoms with Gasteiger partial charge in [0.15, 0.2) is 0 Å². The fourth-order valence-corrected chi connectivity index (χ4v) is 2.07. The van der Waals surface area contributed by atoms with Crippen molar-refractivity contribution in [3.8, 4) is 6.07 Å². The molecule has 3 nitrogen and oxygen atoms in total. The van der Waals surface area contributed by atoms with E-state index in [0.717, 1.165) is 12.8 Å². The molecule has 1 aliphatic heterocycles. The molecule has 0 aromatic carbocycles. The van der Waals surface area contributed by atoms with E-state index < -0.39 is 5.54 Å². The monoisotopic (exact) mass is 209 g/mol. The van der Waals surface area contributed by atoms with Crippen molar-refractivity contribution in [1.82, 2.24) is 4.90 Å². The topological polar surface area (TPSA) is 53.1 Å². The highest BCUT2D eigenvalue weighted by atomic mass is 15.1. The van der Waals surface area contributed by atoms with E-state index in [1.54, 1.807) is 0 Å². The first kappa shape index (κ1) is 12.5. The molecule has 86 valence electrons. The smallest absolute Gasteiger partial charge is 0.101 e. The predicted octanol–water partition coefficient (Wildman–Crippen LogP) is 1.88. The summed E-state index contributed by atoms with van der Waals surface area (Å²) in [4.78, 5) is 2.53. The number of unbranched alkanes of at least 4 members (excludes halogenated alkanes) is 1. The summed E-state index contributed by atoms with van der Waals surface area (Å²) in [5, 5.41) is 8.76. The van der Waals surface area contributed by atoms with Gasteiger partial charge in [0.25, 0.3) is 0 Å². The molecule has 0 aliphatic carbocycles. The largest absolute Gasteiger partial charge is 0.314 e. The van der Waals surface area contributed by atoms with E-state index in [0.29, 0.717) is 0 Å². The lowest BCUT2D eigenvalue weighted by molar-refractivity contribution is 0.223. The summed E-state index contributed by atoms with van der Waals surface area (Å²) in [6, 6.07) is 2.14. The van der Waals surface area contributed by atoms with Crippen molar-refractivity contribution in [1.29, 1.82) is 5.26 Å². The summed E-state index contributed by atoms with van der Waals surface area (Å²) in [6.45, 7) is 5.52. The van der Waals surface area contributed by atoms with Crippen LogP contribution in [0.3, 0.4) is 0 Å². The molecule has 15 heavy (non-hydrogen) atoms. The molecule has 0 aromatic rings. The number of nitrogens with two attached hydrogens (primary N) is 1. The Morgan fingerprint density at radius 1 is 1.27 bits per heavy atom. The van der Waals surface area contributed by atoms with Gasteiger partial charge in [0.1, 0.15) is 5.54 Å². The third-order valence-corrected chi connectivity index (χ3v) is 3.12.